The van der Waals surface area contributed by atoms with E-state index >= 15 is 0 Å². The smallest absolute Gasteiger partial charge is 0.0614 e. The Kier molecular flexibility index (Phi) is 8.74. The Morgan fingerprint density at radius 3 is 2.70 bits per heavy atom. The fourth-order valence-electron chi connectivity index (χ4n) is 3.14. The Morgan fingerprint density at radius 1 is 1.30 bits per heavy atom. The minimum absolute atomic E-state index is 0.0776. The minimum atomic E-state index is -0.0776. The number of hydrogen-bond acceptors (Lipinski definition) is 3. The number of hydrogen-bond donors (Lipinski definition) is 2. The lowest BCUT2D eigenvalue weighted by Gasteiger charge is -2.28. The molecule has 1 aliphatic carbocycles. The van der Waals surface area contributed by atoms with Gasteiger partial charge in [0.05, 0.1) is 12.7 Å². The van der Waals surface area contributed by atoms with Gasteiger partial charge in [0, 0.05) is 12.1 Å². The van der Waals surface area contributed by atoms with Gasteiger partial charge in [-0.05, 0) is 44.6 Å². The van der Waals surface area contributed by atoms with E-state index in [0.29, 0.717) is 12.0 Å². The topological polar surface area (TPSA) is 41.5 Å². The van der Waals surface area contributed by atoms with E-state index in [0.717, 1.165) is 38.8 Å². The van der Waals surface area contributed by atoms with Crippen LogP contribution in [0.5, 0.6) is 0 Å². The number of rotatable bonds is 11. The highest BCUT2D eigenvalue weighted by Crippen LogP contribution is 2.32. The zero-order chi connectivity index (χ0) is 14.8. The van der Waals surface area contributed by atoms with Crippen molar-refractivity contribution in [3.8, 4) is 0 Å². The van der Waals surface area contributed by atoms with Gasteiger partial charge in [-0.15, -0.1) is 0 Å². The zero-order valence-corrected chi connectivity index (χ0v) is 13.8. The lowest BCUT2D eigenvalue weighted by atomic mass is 9.98. The molecule has 3 heteroatoms. The van der Waals surface area contributed by atoms with Crippen molar-refractivity contribution in [2.24, 2.45) is 5.92 Å². The van der Waals surface area contributed by atoms with Crippen LogP contribution in [-0.4, -0.2) is 36.5 Å². The van der Waals surface area contributed by atoms with Crippen LogP contribution in [0.4, 0.5) is 0 Å². The molecule has 2 N–H and O–H groups in total. The summed E-state index contributed by atoms with van der Waals surface area (Å²) in [7, 11) is 0. The summed E-state index contributed by atoms with van der Waals surface area (Å²) < 4.78 is 6.14. The first-order chi connectivity index (χ1) is 9.69. The maximum Gasteiger partial charge on any atom is 0.0614 e. The van der Waals surface area contributed by atoms with E-state index in [9.17, 15) is 5.11 Å². The van der Waals surface area contributed by atoms with Gasteiger partial charge in [-0.1, -0.05) is 40.0 Å². The van der Waals surface area contributed by atoms with Gasteiger partial charge in [0.15, 0.2) is 0 Å². The summed E-state index contributed by atoms with van der Waals surface area (Å²) in [6.45, 7) is 8.80. The molecule has 0 aromatic carbocycles. The lowest BCUT2D eigenvalue weighted by molar-refractivity contribution is 0.0219. The largest absolute Gasteiger partial charge is 0.394 e. The molecule has 1 saturated carbocycles. The average molecular weight is 285 g/mol. The van der Waals surface area contributed by atoms with Crippen LogP contribution in [0.25, 0.3) is 0 Å². The van der Waals surface area contributed by atoms with Gasteiger partial charge in [0.25, 0.3) is 0 Å². The Hall–Kier alpha value is -0.120. The lowest BCUT2D eigenvalue weighted by Crippen LogP contribution is -2.47. The van der Waals surface area contributed by atoms with Crippen molar-refractivity contribution in [3.63, 3.8) is 0 Å². The highest BCUT2D eigenvalue weighted by Gasteiger charge is 2.38. The molecule has 0 spiro atoms. The van der Waals surface area contributed by atoms with E-state index in [-0.39, 0.29) is 12.1 Å². The van der Waals surface area contributed by atoms with E-state index < -0.39 is 0 Å². The van der Waals surface area contributed by atoms with Gasteiger partial charge < -0.3 is 15.2 Å². The van der Waals surface area contributed by atoms with Crippen LogP contribution in [-0.2, 0) is 4.74 Å². The highest BCUT2D eigenvalue weighted by molar-refractivity contribution is 4.96. The summed E-state index contributed by atoms with van der Waals surface area (Å²) in [6, 6.07) is 0. The first-order valence-electron chi connectivity index (χ1n) is 8.67. The molecule has 3 nitrogen and oxygen atoms in total. The average Bonchev–Trinajstić information content (AvgIpc) is 2.89. The van der Waals surface area contributed by atoms with Crippen LogP contribution in [0.3, 0.4) is 0 Å². The van der Waals surface area contributed by atoms with Crippen molar-refractivity contribution in [2.45, 2.75) is 83.8 Å². The molecule has 0 bridgehead atoms. The first kappa shape index (κ1) is 17.9. The van der Waals surface area contributed by atoms with Crippen LogP contribution in [0, 0.1) is 5.92 Å². The van der Waals surface area contributed by atoms with Crippen LogP contribution in [0.15, 0.2) is 0 Å². The number of unbranched alkanes of at least 4 members (excludes halogenated alkanes) is 1. The van der Waals surface area contributed by atoms with E-state index in [1.807, 2.05) is 0 Å². The molecule has 20 heavy (non-hydrogen) atoms. The molecule has 0 aromatic rings. The first-order valence-corrected chi connectivity index (χ1v) is 8.67. The van der Waals surface area contributed by atoms with Crippen molar-refractivity contribution in [1.82, 2.24) is 5.32 Å². The molecule has 3 atom stereocenters. The summed E-state index contributed by atoms with van der Waals surface area (Å²) >= 11 is 0. The van der Waals surface area contributed by atoms with Gasteiger partial charge in [-0.25, -0.2) is 0 Å². The van der Waals surface area contributed by atoms with E-state index in [1.54, 1.807) is 0 Å². The predicted octanol–water partition coefficient (Wildman–Crippen LogP) is 3.50. The fourth-order valence-corrected chi connectivity index (χ4v) is 3.14. The molecule has 120 valence electrons. The quantitative estimate of drug-likeness (QED) is 0.610. The molecule has 0 aliphatic heterocycles. The van der Waals surface area contributed by atoms with Crippen LogP contribution in [0.2, 0.25) is 0 Å². The normalized spacial score (nSPS) is 27.9. The Balaban J connectivity index is 2.31. The molecule has 1 aliphatic rings. The maximum absolute atomic E-state index is 9.68. The number of aliphatic hydroxyl groups is 1. The standard InChI is InChI=1S/C17H35NO2/c1-4-7-8-15(6-3)13-20-16-9-10-17(12-16,14-19)18-11-5-2/h15-16,18-19H,4-14H2,1-3H3. The molecule has 3 unspecified atom stereocenters. The third-order valence-corrected chi connectivity index (χ3v) is 4.73. The van der Waals surface area contributed by atoms with Crippen LogP contribution in [0.1, 0.15) is 72.1 Å². The summed E-state index contributed by atoms with van der Waals surface area (Å²) in [4.78, 5) is 0. The Bertz CT molecular complexity index is 247. The van der Waals surface area contributed by atoms with E-state index in [2.05, 4.69) is 26.1 Å². The molecular formula is C17H35NO2. The second kappa shape index (κ2) is 9.75. The summed E-state index contributed by atoms with van der Waals surface area (Å²) in [5.41, 5.74) is -0.0776. The summed E-state index contributed by atoms with van der Waals surface area (Å²) in [6.07, 6.45) is 9.63. The molecular weight excluding hydrogens is 250 g/mol. The second-order valence-electron chi connectivity index (χ2n) is 6.48. The van der Waals surface area contributed by atoms with Crippen molar-refractivity contribution in [1.29, 1.82) is 0 Å². The van der Waals surface area contributed by atoms with E-state index in [4.69, 9.17) is 4.74 Å². The molecule has 0 saturated heterocycles. The predicted molar refractivity (Wildman–Crippen MR) is 85.0 cm³/mol. The third kappa shape index (κ3) is 5.71. The molecule has 0 amide bonds. The van der Waals surface area contributed by atoms with Crippen molar-refractivity contribution < 1.29 is 9.84 Å². The van der Waals surface area contributed by atoms with Gasteiger partial charge in [-0.2, -0.15) is 0 Å². The van der Waals surface area contributed by atoms with Crippen molar-refractivity contribution in [2.75, 3.05) is 19.8 Å². The summed E-state index contributed by atoms with van der Waals surface area (Å²) in [5, 5.41) is 13.2. The van der Waals surface area contributed by atoms with Gasteiger partial charge >= 0.3 is 0 Å². The molecule has 0 radical (unpaired) electrons. The van der Waals surface area contributed by atoms with Gasteiger partial charge in [-0.3, -0.25) is 0 Å². The number of aliphatic hydroxyl groups excluding tert-OH is 1. The second-order valence-corrected chi connectivity index (χ2v) is 6.48. The highest BCUT2D eigenvalue weighted by atomic mass is 16.5. The molecule has 1 fully saturated rings. The fraction of sp³-hybridized carbons (Fsp3) is 1.00. The SMILES string of the molecule is CCCCC(CC)COC1CCC(CO)(NCCC)C1. The van der Waals surface area contributed by atoms with Gasteiger partial charge in [0.2, 0.25) is 0 Å². The van der Waals surface area contributed by atoms with Crippen molar-refractivity contribution >= 4 is 0 Å². The molecule has 0 aromatic heterocycles. The number of ether oxygens (including phenoxy) is 1. The molecule has 0 heterocycles. The van der Waals surface area contributed by atoms with Gasteiger partial charge in [0.1, 0.15) is 0 Å². The Labute approximate surface area is 125 Å². The monoisotopic (exact) mass is 285 g/mol. The Morgan fingerprint density at radius 2 is 2.10 bits per heavy atom. The van der Waals surface area contributed by atoms with Crippen LogP contribution < -0.4 is 5.32 Å². The minimum Gasteiger partial charge on any atom is -0.394 e. The maximum atomic E-state index is 9.68. The zero-order valence-electron chi connectivity index (χ0n) is 13.8. The molecule has 1 rings (SSSR count). The van der Waals surface area contributed by atoms with Crippen LogP contribution >= 0.6 is 0 Å². The van der Waals surface area contributed by atoms with Crippen molar-refractivity contribution in [3.05, 3.63) is 0 Å². The third-order valence-electron chi connectivity index (χ3n) is 4.73. The number of nitrogens with one attached hydrogen (secondary N) is 1. The van der Waals surface area contributed by atoms with E-state index in [1.165, 1.54) is 25.7 Å². The summed E-state index contributed by atoms with van der Waals surface area (Å²) in [5.74, 6) is 0.711.